The minimum Gasteiger partial charge on any atom is -0.508 e. The second-order valence-electron chi connectivity index (χ2n) is 3.76. The summed E-state index contributed by atoms with van der Waals surface area (Å²) in [4.78, 5) is 11.3. The minimum absolute atomic E-state index is 0.160. The molecule has 1 aromatic carbocycles. The fraction of sp³-hybridized carbons (Fsp3) is 0.364. The second-order valence-corrected chi connectivity index (χ2v) is 3.76. The zero-order chi connectivity index (χ0) is 11.5. The lowest BCUT2D eigenvalue weighted by Crippen LogP contribution is -2.47. The molecular formula is C11H15NO3. The Morgan fingerprint density at radius 2 is 2.27 bits per heavy atom. The summed E-state index contributed by atoms with van der Waals surface area (Å²) in [5.41, 5.74) is 5.53. The van der Waals surface area contributed by atoms with Crippen molar-refractivity contribution in [1.82, 2.24) is 0 Å². The van der Waals surface area contributed by atoms with E-state index in [1.54, 1.807) is 31.2 Å². The van der Waals surface area contributed by atoms with Crippen molar-refractivity contribution >= 4 is 5.97 Å². The van der Waals surface area contributed by atoms with Gasteiger partial charge in [-0.25, -0.2) is 0 Å². The van der Waals surface area contributed by atoms with Crippen molar-refractivity contribution in [2.45, 2.75) is 18.9 Å². The molecule has 1 rings (SSSR count). The number of carbonyl (C=O) groups excluding carboxylic acids is 1. The van der Waals surface area contributed by atoms with Crippen LogP contribution in [0.1, 0.15) is 12.5 Å². The zero-order valence-corrected chi connectivity index (χ0v) is 8.86. The average molecular weight is 209 g/mol. The number of aromatic hydroxyl groups is 1. The maximum atomic E-state index is 11.3. The maximum absolute atomic E-state index is 11.3. The van der Waals surface area contributed by atoms with Crippen LogP contribution in [0.2, 0.25) is 0 Å². The first kappa shape index (κ1) is 11.5. The van der Waals surface area contributed by atoms with Gasteiger partial charge in [0, 0.05) is 6.42 Å². The molecule has 0 saturated carbocycles. The second kappa shape index (κ2) is 4.31. The number of carbonyl (C=O) groups is 1. The van der Waals surface area contributed by atoms with Gasteiger partial charge in [0.05, 0.1) is 7.11 Å². The highest BCUT2D eigenvalue weighted by atomic mass is 16.5. The summed E-state index contributed by atoms with van der Waals surface area (Å²) in [5.74, 6) is -0.306. The van der Waals surface area contributed by atoms with Crippen molar-refractivity contribution in [2.24, 2.45) is 5.73 Å². The lowest BCUT2D eigenvalue weighted by atomic mass is 9.94. The molecule has 0 unspecified atom stereocenters. The molecule has 82 valence electrons. The molecule has 0 aliphatic rings. The number of methoxy groups -OCH3 is 1. The van der Waals surface area contributed by atoms with Crippen LogP contribution in [0, 0.1) is 0 Å². The van der Waals surface area contributed by atoms with Crippen LogP contribution < -0.4 is 5.73 Å². The molecule has 0 saturated heterocycles. The Bertz CT molecular complexity index is 361. The van der Waals surface area contributed by atoms with E-state index in [1.165, 1.54) is 7.11 Å². The van der Waals surface area contributed by atoms with Crippen LogP contribution >= 0.6 is 0 Å². The van der Waals surface area contributed by atoms with Crippen molar-refractivity contribution in [2.75, 3.05) is 7.11 Å². The van der Waals surface area contributed by atoms with Gasteiger partial charge < -0.3 is 15.6 Å². The quantitative estimate of drug-likeness (QED) is 0.723. The Balaban J connectivity index is 2.81. The van der Waals surface area contributed by atoms with Gasteiger partial charge in [-0.15, -0.1) is 0 Å². The topological polar surface area (TPSA) is 72.5 Å². The molecule has 3 N–H and O–H groups in total. The zero-order valence-electron chi connectivity index (χ0n) is 8.86. The van der Waals surface area contributed by atoms with Gasteiger partial charge in [0.15, 0.2) is 0 Å². The minimum atomic E-state index is -1.07. The number of benzene rings is 1. The number of hydrogen-bond acceptors (Lipinski definition) is 4. The highest BCUT2D eigenvalue weighted by Gasteiger charge is 2.29. The number of ether oxygens (including phenoxy) is 1. The summed E-state index contributed by atoms with van der Waals surface area (Å²) in [6.45, 7) is 1.60. The predicted octanol–water partition coefficient (Wildman–Crippen LogP) is 0.825. The Labute approximate surface area is 88.7 Å². The smallest absolute Gasteiger partial charge is 0.325 e. The van der Waals surface area contributed by atoms with E-state index in [0.29, 0.717) is 6.42 Å². The number of rotatable bonds is 3. The lowest BCUT2D eigenvalue weighted by Gasteiger charge is -2.21. The molecule has 0 bridgehead atoms. The van der Waals surface area contributed by atoms with Gasteiger partial charge in [-0.2, -0.15) is 0 Å². The van der Waals surface area contributed by atoms with E-state index in [4.69, 9.17) is 5.73 Å². The van der Waals surface area contributed by atoms with E-state index in [9.17, 15) is 9.90 Å². The monoisotopic (exact) mass is 209 g/mol. The van der Waals surface area contributed by atoms with Gasteiger partial charge in [0.2, 0.25) is 0 Å². The number of phenolic OH excluding ortho intramolecular Hbond substituents is 1. The first-order valence-corrected chi connectivity index (χ1v) is 4.61. The Hall–Kier alpha value is -1.55. The summed E-state index contributed by atoms with van der Waals surface area (Å²) >= 11 is 0. The van der Waals surface area contributed by atoms with Gasteiger partial charge in [-0.3, -0.25) is 4.79 Å². The van der Waals surface area contributed by atoms with Gasteiger partial charge in [0.25, 0.3) is 0 Å². The molecule has 0 aromatic heterocycles. The maximum Gasteiger partial charge on any atom is 0.325 e. The number of esters is 1. The Kier molecular flexibility index (Phi) is 3.31. The standard InChI is InChI=1S/C11H15NO3/c1-11(12,10(14)15-2)7-8-4-3-5-9(13)6-8/h3-6,13H,7,12H2,1-2H3/t11-/m1/s1. The van der Waals surface area contributed by atoms with Crippen LogP contribution in [0.15, 0.2) is 24.3 Å². The molecule has 0 fully saturated rings. The molecule has 1 atom stereocenters. The van der Waals surface area contributed by atoms with E-state index in [1.807, 2.05) is 0 Å². The first-order valence-electron chi connectivity index (χ1n) is 4.61. The van der Waals surface area contributed by atoms with Crippen molar-refractivity contribution in [3.8, 4) is 5.75 Å². The van der Waals surface area contributed by atoms with Gasteiger partial charge in [0.1, 0.15) is 11.3 Å². The normalized spacial score (nSPS) is 14.3. The van der Waals surface area contributed by atoms with E-state index < -0.39 is 11.5 Å². The summed E-state index contributed by atoms with van der Waals surface area (Å²) in [5, 5.41) is 9.25. The molecule has 0 heterocycles. The van der Waals surface area contributed by atoms with Crippen molar-refractivity contribution in [3.63, 3.8) is 0 Å². The summed E-state index contributed by atoms with van der Waals surface area (Å²) in [7, 11) is 1.30. The van der Waals surface area contributed by atoms with Crippen LogP contribution in [0.5, 0.6) is 5.75 Å². The number of phenols is 1. The lowest BCUT2D eigenvalue weighted by molar-refractivity contribution is -0.146. The Morgan fingerprint density at radius 3 is 2.80 bits per heavy atom. The van der Waals surface area contributed by atoms with Gasteiger partial charge in [-0.1, -0.05) is 12.1 Å². The van der Waals surface area contributed by atoms with Crippen molar-refractivity contribution in [1.29, 1.82) is 0 Å². The van der Waals surface area contributed by atoms with E-state index in [-0.39, 0.29) is 5.75 Å². The number of nitrogens with two attached hydrogens (primary N) is 1. The third-order valence-electron chi connectivity index (χ3n) is 2.13. The van der Waals surface area contributed by atoms with E-state index in [0.717, 1.165) is 5.56 Å². The summed E-state index contributed by atoms with van der Waals surface area (Å²) in [6, 6.07) is 6.65. The van der Waals surface area contributed by atoms with Crippen LogP contribution in [0.4, 0.5) is 0 Å². The van der Waals surface area contributed by atoms with E-state index in [2.05, 4.69) is 4.74 Å². The van der Waals surface area contributed by atoms with Crippen molar-refractivity contribution < 1.29 is 14.6 Å². The molecule has 0 aliphatic heterocycles. The van der Waals surface area contributed by atoms with Crippen LogP contribution in [0.3, 0.4) is 0 Å². The molecule has 0 amide bonds. The molecule has 0 aliphatic carbocycles. The molecule has 0 spiro atoms. The predicted molar refractivity (Wildman–Crippen MR) is 56.4 cm³/mol. The van der Waals surface area contributed by atoms with E-state index >= 15 is 0 Å². The fourth-order valence-corrected chi connectivity index (χ4v) is 1.40. The first-order chi connectivity index (χ1) is 6.95. The SMILES string of the molecule is COC(=O)[C@](C)(N)Cc1cccc(O)c1. The molecular weight excluding hydrogens is 194 g/mol. The van der Waals surface area contributed by atoms with Gasteiger partial charge >= 0.3 is 5.97 Å². The van der Waals surface area contributed by atoms with Crippen LogP contribution in [-0.4, -0.2) is 23.7 Å². The van der Waals surface area contributed by atoms with Crippen LogP contribution in [0.25, 0.3) is 0 Å². The highest BCUT2D eigenvalue weighted by Crippen LogP contribution is 2.16. The third kappa shape index (κ3) is 2.95. The summed E-state index contributed by atoms with van der Waals surface area (Å²) < 4.78 is 4.59. The average Bonchev–Trinajstić information content (AvgIpc) is 2.15. The molecule has 15 heavy (non-hydrogen) atoms. The fourth-order valence-electron chi connectivity index (χ4n) is 1.40. The van der Waals surface area contributed by atoms with Gasteiger partial charge in [-0.05, 0) is 24.6 Å². The van der Waals surface area contributed by atoms with Crippen LogP contribution in [-0.2, 0) is 16.0 Å². The number of hydrogen-bond donors (Lipinski definition) is 2. The Morgan fingerprint density at radius 1 is 1.60 bits per heavy atom. The summed E-state index contributed by atoms with van der Waals surface area (Å²) in [6.07, 6.45) is 0.327. The third-order valence-corrected chi connectivity index (χ3v) is 2.13. The molecule has 4 nitrogen and oxygen atoms in total. The molecule has 4 heteroatoms. The largest absolute Gasteiger partial charge is 0.508 e. The van der Waals surface area contributed by atoms with Crippen molar-refractivity contribution in [3.05, 3.63) is 29.8 Å². The highest BCUT2D eigenvalue weighted by molar-refractivity contribution is 5.80. The molecule has 1 aromatic rings. The molecule has 0 radical (unpaired) electrons.